The molecule has 1 unspecified atom stereocenters. The lowest BCUT2D eigenvalue weighted by Gasteiger charge is -2.23. The average molecular weight is 711 g/mol. The summed E-state index contributed by atoms with van der Waals surface area (Å²) in [6.07, 6.45) is -3.46. The zero-order valence-corrected chi connectivity index (χ0v) is 28.1. The van der Waals surface area contributed by atoms with Crippen molar-refractivity contribution in [3.63, 3.8) is 0 Å². The molecule has 5 N–H and O–H groups in total. The van der Waals surface area contributed by atoms with Crippen molar-refractivity contribution in [2.24, 2.45) is 0 Å². The summed E-state index contributed by atoms with van der Waals surface area (Å²) in [7, 11) is 0. The number of anilines is 3. The van der Waals surface area contributed by atoms with Crippen molar-refractivity contribution < 1.29 is 37.1 Å². The Labute approximate surface area is 286 Å². The van der Waals surface area contributed by atoms with E-state index in [9.17, 15) is 32.3 Å². The van der Waals surface area contributed by atoms with E-state index in [-0.39, 0.29) is 50.8 Å². The molecule has 10 nitrogen and oxygen atoms in total. The lowest BCUT2D eigenvalue weighted by molar-refractivity contribution is -0.137. The number of ether oxygens (including phenoxy) is 1. The molecule has 1 atom stereocenters. The van der Waals surface area contributed by atoms with Gasteiger partial charge in [-0.3, -0.25) is 9.59 Å². The number of amides is 5. The summed E-state index contributed by atoms with van der Waals surface area (Å²) in [6.45, 7) is 7.32. The van der Waals surface area contributed by atoms with Crippen LogP contribution < -0.4 is 26.6 Å². The topological polar surface area (TPSA) is 138 Å². The third-order valence-electron chi connectivity index (χ3n) is 6.42. The highest BCUT2D eigenvalue weighted by molar-refractivity contribution is 6.35. The Morgan fingerprint density at radius 2 is 1.38 bits per heavy atom. The van der Waals surface area contributed by atoms with Gasteiger partial charge in [0.05, 0.1) is 5.56 Å². The summed E-state index contributed by atoms with van der Waals surface area (Å²) in [4.78, 5) is 51.5. The largest absolute Gasteiger partial charge is 0.444 e. The first-order valence-corrected chi connectivity index (χ1v) is 15.6. The molecule has 15 heteroatoms. The lowest BCUT2D eigenvalue weighted by Crippen LogP contribution is -2.41. The minimum atomic E-state index is -4.63. The van der Waals surface area contributed by atoms with Gasteiger partial charge in [0.25, 0.3) is 11.8 Å². The number of alkyl halides is 3. The van der Waals surface area contributed by atoms with Crippen molar-refractivity contribution >= 4 is 64.2 Å². The number of carbonyl (C=O) groups is 4. The molecular weight excluding hydrogens is 674 g/mol. The molecule has 0 radical (unpaired) electrons. The highest BCUT2D eigenvalue weighted by Gasteiger charge is 2.30. The minimum Gasteiger partial charge on any atom is -0.444 e. The molecule has 5 amide bonds. The number of benzene rings is 3. The van der Waals surface area contributed by atoms with E-state index in [4.69, 9.17) is 27.9 Å². The maximum atomic E-state index is 13.2. The molecule has 3 aromatic rings. The number of nitrogens with one attached hydrogen (secondary N) is 5. The molecule has 48 heavy (non-hydrogen) atoms. The maximum absolute atomic E-state index is 13.2. The fourth-order valence-corrected chi connectivity index (χ4v) is 4.96. The summed E-state index contributed by atoms with van der Waals surface area (Å²) in [6, 6.07) is 11.2. The lowest BCUT2D eigenvalue weighted by atomic mass is 10.1. The Kier molecular flexibility index (Phi) is 13.1. The smallest absolute Gasteiger partial charge is 0.416 e. The van der Waals surface area contributed by atoms with Crippen LogP contribution in [0.3, 0.4) is 0 Å². The van der Waals surface area contributed by atoms with Crippen LogP contribution in [0.15, 0.2) is 60.7 Å². The van der Waals surface area contributed by atoms with Gasteiger partial charge in [-0.2, -0.15) is 13.2 Å². The van der Waals surface area contributed by atoms with Gasteiger partial charge in [0.1, 0.15) is 5.60 Å². The molecule has 0 aliphatic rings. The molecule has 0 fully saturated rings. The van der Waals surface area contributed by atoms with Gasteiger partial charge < -0.3 is 31.3 Å². The number of carbonyl (C=O) groups excluding carboxylic acids is 4. The van der Waals surface area contributed by atoms with E-state index < -0.39 is 41.3 Å². The molecule has 0 heterocycles. The highest BCUT2D eigenvalue weighted by atomic mass is 35.5. The molecule has 0 saturated carbocycles. The molecule has 0 spiro atoms. The molecule has 3 rings (SSSR count). The number of rotatable bonds is 11. The zero-order valence-electron chi connectivity index (χ0n) is 26.6. The second-order valence-electron chi connectivity index (χ2n) is 11.7. The summed E-state index contributed by atoms with van der Waals surface area (Å²) in [5.74, 6) is -1.44. The predicted molar refractivity (Wildman–Crippen MR) is 180 cm³/mol. The highest BCUT2D eigenvalue weighted by Crippen LogP contribution is 2.31. The molecule has 3 aromatic carbocycles. The molecule has 0 aliphatic heterocycles. The fraction of sp³-hybridized carbons (Fsp3) is 0.333. The van der Waals surface area contributed by atoms with E-state index in [1.54, 1.807) is 20.8 Å². The Bertz CT molecular complexity index is 1630. The van der Waals surface area contributed by atoms with E-state index in [2.05, 4.69) is 26.6 Å². The molecular formula is C33H36Cl2F3N5O5. The van der Waals surface area contributed by atoms with Gasteiger partial charge in [0, 0.05) is 50.8 Å². The van der Waals surface area contributed by atoms with Crippen molar-refractivity contribution in [3.8, 4) is 0 Å². The van der Waals surface area contributed by atoms with Crippen LogP contribution in [0.4, 0.5) is 39.8 Å². The Morgan fingerprint density at radius 3 is 1.96 bits per heavy atom. The van der Waals surface area contributed by atoms with E-state index in [1.165, 1.54) is 42.5 Å². The first kappa shape index (κ1) is 38.0. The molecule has 0 aliphatic carbocycles. The van der Waals surface area contributed by atoms with E-state index in [0.717, 1.165) is 24.6 Å². The van der Waals surface area contributed by atoms with Crippen molar-refractivity contribution in [2.45, 2.75) is 64.8 Å². The number of halogens is 5. The van der Waals surface area contributed by atoms with Crippen molar-refractivity contribution in [1.82, 2.24) is 10.6 Å². The summed E-state index contributed by atoms with van der Waals surface area (Å²) in [5, 5.41) is 13.6. The van der Waals surface area contributed by atoms with Gasteiger partial charge in [0.15, 0.2) is 0 Å². The van der Waals surface area contributed by atoms with E-state index in [0.29, 0.717) is 12.8 Å². The number of alkyl carbamates (subject to hydrolysis) is 1. The van der Waals surface area contributed by atoms with Crippen LogP contribution in [0.2, 0.25) is 10.0 Å². The standard InChI is InChI=1S/C33H36Cl2F3N5O5/c1-5-7-24(43-31(47)48-32(2,3)4)10-11-39-28(44)19-12-20(29(45)40-25-9-6-8-21(15-25)33(36,37)38)14-26(13-19)41-30(46)42-27-17-22(34)16-23(35)18-27/h6,8-9,12-18,24H,5,7,10-11H2,1-4H3,(H,39,44)(H,40,45)(H,43,47)(H2,41,42,46). The van der Waals surface area contributed by atoms with Crippen LogP contribution in [0.5, 0.6) is 0 Å². The quantitative estimate of drug-likeness (QED) is 0.136. The van der Waals surface area contributed by atoms with E-state index in [1.807, 2.05) is 6.92 Å². The van der Waals surface area contributed by atoms with Gasteiger partial charge in [-0.25, -0.2) is 9.59 Å². The minimum absolute atomic E-state index is 0.0259. The first-order chi connectivity index (χ1) is 22.4. The monoisotopic (exact) mass is 709 g/mol. The summed E-state index contributed by atoms with van der Waals surface area (Å²) in [5.41, 5.74) is -1.64. The van der Waals surface area contributed by atoms with Crippen LogP contribution in [0, 0.1) is 0 Å². The van der Waals surface area contributed by atoms with Gasteiger partial charge in [-0.15, -0.1) is 0 Å². The summed E-state index contributed by atoms with van der Waals surface area (Å²) >= 11 is 12.0. The van der Waals surface area contributed by atoms with Crippen LogP contribution in [-0.2, 0) is 10.9 Å². The molecule has 0 saturated heterocycles. The molecule has 0 aromatic heterocycles. The third-order valence-corrected chi connectivity index (χ3v) is 6.86. The van der Waals surface area contributed by atoms with Gasteiger partial charge in [-0.1, -0.05) is 42.6 Å². The molecule has 0 bridgehead atoms. The van der Waals surface area contributed by atoms with Crippen LogP contribution in [0.25, 0.3) is 0 Å². The second kappa shape index (κ2) is 16.6. The number of hydrogen-bond acceptors (Lipinski definition) is 5. The maximum Gasteiger partial charge on any atom is 0.416 e. The Hall–Kier alpha value is -4.49. The average Bonchev–Trinajstić information content (AvgIpc) is 2.95. The summed E-state index contributed by atoms with van der Waals surface area (Å²) < 4.78 is 45.0. The Balaban J connectivity index is 1.81. The fourth-order valence-electron chi connectivity index (χ4n) is 4.43. The number of hydrogen-bond donors (Lipinski definition) is 5. The van der Waals surface area contributed by atoms with Gasteiger partial charge in [-0.05, 0) is 88.2 Å². The molecule has 258 valence electrons. The third kappa shape index (κ3) is 12.6. The number of urea groups is 1. The van der Waals surface area contributed by atoms with Gasteiger partial charge in [0.2, 0.25) is 0 Å². The zero-order chi connectivity index (χ0) is 35.6. The van der Waals surface area contributed by atoms with Crippen molar-refractivity contribution in [3.05, 3.63) is 87.4 Å². The van der Waals surface area contributed by atoms with E-state index >= 15 is 0 Å². The second-order valence-corrected chi connectivity index (χ2v) is 12.6. The predicted octanol–water partition coefficient (Wildman–Crippen LogP) is 8.72. The van der Waals surface area contributed by atoms with Crippen molar-refractivity contribution in [2.75, 3.05) is 22.5 Å². The van der Waals surface area contributed by atoms with Crippen LogP contribution in [-0.4, -0.2) is 42.1 Å². The normalized spacial score (nSPS) is 12.0. The van der Waals surface area contributed by atoms with Crippen LogP contribution >= 0.6 is 23.2 Å². The van der Waals surface area contributed by atoms with Crippen molar-refractivity contribution in [1.29, 1.82) is 0 Å². The van der Waals surface area contributed by atoms with Crippen LogP contribution in [0.1, 0.15) is 73.2 Å². The Morgan fingerprint density at radius 1 is 0.771 bits per heavy atom. The van der Waals surface area contributed by atoms with Gasteiger partial charge >= 0.3 is 18.3 Å². The SMILES string of the molecule is CCCC(CCNC(=O)c1cc(NC(=O)Nc2cc(Cl)cc(Cl)c2)cc(C(=O)Nc2cccc(C(F)(F)F)c2)c1)NC(=O)OC(C)(C)C. The first-order valence-electron chi connectivity index (χ1n) is 14.9.